The number of pyridine rings is 1. The molecule has 3 rings (SSSR count). The molecular weight excluding hydrogens is 326 g/mol. The fraction of sp³-hybridized carbons (Fsp3) is 0.471. The van der Waals surface area contributed by atoms with E-state index < -0.39 is 0 Å². The van der Waals surface area contributed by atoms with Crippen LogP contribution < -0.4 is 4.90 Å². The van der Waals surface area contributed by atoms with Crippen LogP contribution in [0.25, 0.3) is 10.9 Å². The summed E-state index contributed by atoms with van der Waals surface area (Å²) >= 11 is 3.61. The molecule has 1 aromatic carbocycles. The van der Waals surface area contributed by atoms with Gasteiger partial charge in [0.15, 0.2) is 0 Å². The van der Waals surface area contributed by atoms with E-state index in [0.29, 0.717) is 0 Å². The number of hydrogen-bond donors (Lipinski definition) is 0. The summed E-state index contributed by atoms with van der Waals surface area (Å²) in [5.74, 6) is 1.86. The molecule has 1 atom stereocenters. The van der Waals surface area contributed by atoms with Crippen molar-refractivity contribution in [2.75, 3.05) is 38.6 Å². The average Bonchev–Trinajstić information content (AvgIpc) is 2.90. The summed E-state index contributed by atoms with van der Waals surface area (Å²) in [6.07, 6.45) is 1.29. The molecule has 0 spiro atoms. The zero-order valence-electron chi connectivity index (χ0n) is 12.7. The van der Waals surface area contributed by atoms with Crippen molar-refractivity contribution in [2.45, 2.75) is 11.8 Å². The largest absolute Gasteiger partial charge is 0.359 e. The molecule has 4 heteroatoms. The Labute approximate surface area is 135 Å². The monoisotopic (exact) mass is 347 g/mol. The second kappa shape index (κ2) is 6.32. The lowest BCUT2D eigenvalue weighted by Gasteiger charge is -2.24. The molecule has 0 N–H and O–H groups in total. The zero-order chi connectivity index (χ0) is 14.8. The van der Waals surface area contributed by atoms with Crippen LogP contribution in [0.3, 0.4) is 0 Å². The van der Waals surface area contributed by atoms with E-state index in [-0.39, 0.29) is 0 Å². The van der Waals surface area contributed by atoms with Gasteiger partial charge in [-0.25, -0.2) is 4.98 Å². The van der Waals surface area contributed by atoms with Crippen LogP contribution in [0.5, 0.6) is 0 Å². The van der Waals surface area contributed by atoms with E-state index in [9.17, 15) is 0 Å². The summed E-state index contributed by atoms with van der Waals surface area (Å²) < 4.78 is 0. The molecule has 3 nitrogen and oxygen atoms in total. The Morgan fingerprint density at radius 3 is 2.90 bits per heavy atom. The number of aromatic nitrogens is 1. The van der Waals surface area contributed by atoms with Crippen LogP contribution >= 0.6 is 15.9 Å². The molecule has 0 amide bonds. The lowest BCUT2D eigenvalue weighted by Crippen LogP contribution is -2.28. The maximum Gasteiger partial charge on any atom is 0.133 e. The van der Waals surface area contributed by atoms with Gasteiger partial charge in [-0.1, -0.05) is 34.1 Å². The maximum atomic E-state index is 4.89. The summed E-state index contributed by atoms with van der Waals surface area (Å²) in [7, 11) is 4.37. The molecule has 0 aliphatic carbocycles. The topological polar surface area (TPSA) is 19.4 Å². The molecule has 2 heterocycles. The zero-order valence-corrected chi connectivity index (χ0v) is 14.3. The normalized spacial score (nSPS) is 19.3. The molecule has 1 unspecified atom stereocenters. The number of halogens is 1. The number of anilines is 1. The van der Waals surface area contributed by atoms with Crippen molar-refractivity contribution in [1.82, 2.24) is 9.88 Å². The van der Waals surface area contributed by atoms with Crippen LogP contribution in [-0.2, 0) is 5.33 Å². The Balaban J connectivity index is 1.87. The summed E-state index contributed by atoms with van der Waals surface area (Å²) in [6.45, 7) is 3.49. The van der Waals surface area contributed by atoms with E-state index >= 15 is 0 Å². The van der Waals surface area contributed by atoms with Crippen molar-refractivity contribution in [3.8, 4) is 0 Å². The van der Waals surface area contributed by atoms with E-state index in [2.05, 4.69) is 70.2 Å². The van der Waals surface area contributed by atoms with Gasteiger partial charge in [0.1, 0.15) is 5.82 Å². The lowest BCUT2D eigenvalue weighted by molar-refractivity contribution is 0.395. The third-order valence-corrected chi connectivity index (χ3v) is 4.91. The van der Waals surface area contributed by atoms with Crippen LogP contribution in [-0.4, -0.2) is 43.6 Å². The minimum atomic E-state index is 0.747. The van der Waals surface area contributed by atoms with Crippen molar-refractivity contribution in [1.29, 1.82) is 0 Å². The molecule has 0 radical (unpaired) electrons. The van der Waals surface area contributed by atoms with Gasteiger partial charge in [-0.15, -0.1) is 0 Å². The third kappa shape index (κ3) is 3.22. The highest BCUT2D eigenvalue weighted by Crippen LogP contribution is 2.26. The van der Waals surface area contributed by atoms with E-state index in [4.69, 9.17) is 4.98 Å². The molecule has 1 aromatic heterocycles. The highest BCUT2D eigenvalue weighted by Gasteiger charge is 2.22. The fourth-order valence-corrected chi connectivity index (χ4v) is 3.64. The Morgan fingerprint density at radius 1 is 1.38 bits per heavy atom. The van der Waals surface area contributed by atoms with Crippen LogP contribution in [0.4, 0.5) is 5.82 Å². The second-order valence-electron chi connectivity index (χ2n) is 6.09. The maximum absolute atomic E-state index is 4.89. The van der Waals surface area contributed by atoms with Crippen LogP contribution in [0, 0.1) is 5.92 Å². The first kappa shape index (κ1) is 14.8. The van der Waals surface area contributed by atoms with Gasteiger partial charge in [-0.2, -0.15) is 0 Å². The number of hydrogen-bond acceptors (Lipinski definition) is 3. The van der Waals surface area contributed by atoms with Gasteiger partial charge in [-0.05, 0) is 38.1 Å². The Kier molecular flexibility index (Phi) is 4.45. The number of alkyl halides is 1. The molecule has 21 heavy (non-hydrogen) atoms. The smallest absolute Gasteiger partial charge is 0.133 e. The first-order valence-electron chi connectivity index (χ1n) is 7.51. The molecule has 1 aliphatic heterocycles. The van der Waals surface area contributed by atoms with Crippen molar-refractivity contribution >= 4 is 32.7 Å². The first-order valence-corrected chi connectivity index (χ1v) is 8.64. The Hall–Kier alpha value is -1.13. The summed E-state index contributed by atoms with van der Waals surface area (Å²) in [5, 5.41) is 2.06. The Bertz CT molecular complexity index is 628. The van der Waals surface area contributed by atoms with Crippen LogP contribution in [0.15, 0.2) is 30.3 Å². The van der Waals surface area contributed by atoms with Gasteiger partial charge in [0, 0.05) is 36.4 Å². The predicted molar refractivity (Wildman–Crippen MR) is 93.2 cm³/mol. The molecular formula is C17H22BrN3. The summed E-state index contributed by atoms with van der Waals surface area (Å²) in [4.78, 5) is 9.63. The van der Waals surface area contributed by atoms with Gasteiger partial charge in [0.2, 0.25) is 0 Å². The van der Waals surface area contributed by atoms with Crippen molar-refractivity contribution in [3.63, 3.8) is 0 Å². The molecule has 1 fully saturated rings. The van der Waals surface area contributed by atoms with Crippen molar-refractivity contribution < 1.29 is 0 Å². The second-order valence-corrected chi connectivity index (χ2v) is 6.66. The van der Waals surface area contributed by atoms with Gasteiger partial charge in [-0.3, -0.25) is 0 Å². The van der Waals surface area contributed by atoms with Gasteiger partial charge < -0.3 is 9.80 Å². The van der Waals surface area contributed by atoms with Gasteiger partial charge in [0.05, 0.1) is 5.52 Å². The number of nitrogens with zero attached hydrogens (tertiary/aromatic N) is 3. The summed E-state index contributed by atoms with van der Waals surface area (Å²) in [5.41, 5.74) is 2.34. The highest BCUT2D eigenvalue weighted by molar-refractivity contribution is 9.08. The quantitative estimate of drug-likeness (QED) is 0.789. The summed E-state index contributed by atoms with van der Waals surface area (Å²) in [6, 6.07) is 10.6. The highest BCUT2D eigenvalue weighted by atomic mass is 79.9. The number of rotatable bonds is 4. The van der Waals surface area contributed by atoms with E-state index in [1.165, 1.54) is 30.5 Å². The molecule has 2 aromatic rings. The van der Waals surface area contributed by atoms with Crippen LogP contribution in [0.2, 0.25) is 0 Å². The van der Waals surface area contributed by atoms with Gasteiger partial charge in [0.25, 0.3) is 0 Å². The molecule has 1 saturated heterocycles. The SMILES string of the molecule is CN1CCC(CN(C)c2nc3ccccc3cc2CBr)C1. The van der Waals surface area contributed by atoms with Crippen molar-refractivity contribution in [3.05, 3.63) is 35.9 Å². The number of likely N-dealkylation sites (tertiary alicyclic amines) is 1. The number of fused-ring (bicyclic) bond motifs is 1. The minimum Gasteiger partial charge on any atom is -0.359 e. The molecule has 0 bridgehead atoms. The van der Waals surface area contributed by atoms with Gasteiger partial charge >= 0.3 is 0 Å². The molecule has 1 aliphatic rings. The molecule has 112 valence electrons. The number of para-hydroxylation sites is 1. The lowest BCUT2D eigenvalue weighted by atomic mass is 10.1. The molecule has 0 saturated carbocycles. The van der Waals surface area contributed by atoms with Crippen LogP contribution in [0.1, 0.15) is 12.0 Å². The minimum absolute atomic E-state index is 0.747. The third-order valence-electron chi connectivity index (χ3n) is 4.31. The standard InChI is InChI=1S/C17H22BrN3/c1-20-8-7-13(11-20)12-21(2)17-15(10-18)9-14-5-3-4-6-16(14)19-17/h3-6,9,13H,7-8,10-12H2,1-2H3. The van der Waals surface area contributed by atoms with E-state index in [0.717, 1.165) is 29.1 Å². The van der Waals surface area contributed by atoms with E-state index in [1.807, 2.05) is 0 Å². The van der Waals surface area contributed by atoms with E-state index in [1.54, 1.807) is 0 Å². The first-order chi connectivity index (χ1) is 10.2. The van der Waals surface area contributed by atoms with Crippen molar-refractivity contribution in [2.24, 2.45) is 5.92 Å². The number of benzene rings is 1. The average molecular weight is 348 g/mol. The fourth-order valence-electron chi connectivity index (χ4n) is 3.23. The predicted octanol–water partition coefficient (Wildman–Crippen LogP) is 3.52. The Morgan fingerprint density at radius 2 is 2.19 bits per heavy atom.